The van der Waals surface area contributed by atoms with Crippen LogP contribution in [-0.4, -0.2) is 32.7 Å². The van der Waals surface area contributed by atoms with Gasteiger partial charge in [0.15, 0.2) is 17.3 Å². The highest BCUT2D eigenvalue weighted by atomic mass is 19.1. The fraction of sp³-hybridized carbons (Fsp3) is 0.462. The Morgan fingerprint density at radius 3 is 2.78 bits per heavy atom. The molecule has 0 fully saturated rings. The zero-order chi connectivity index (χ0) is 13.5. The van der Waals surface area contributed by atoms with Crippen LogP contribution in [0.4, 0.5) is 4.39 Å². The fourth-order valence-electron chi connectivity index (χ4n) is 1.58. The molecule has 0 saturated carbocycles. The van der Waals surface area contributed by atoms with Crippen molar-refractivity contribution in [2.24, 2.45) is 5.73 Å². The molecule has 0 aromatic heterocycles. The van der Waals surface area contributed by atoms with E-state index < -0.39 is 11.9 Å². The number of rotatable bonds is 7. The second kappa shape index (κ2) is 7.08. The average molecular weight is 255 g/mol. The van der Waals surface area contributed by atoms with Crippen LogP contribution in [0, 0.1) is 5.82 Å². The minimum atomic E-state index is -0.629. The number of ether oxygens (including phenoxy) is 2. The normalized spacial score (nSPS) is 12.2. The SMILES string of the molecule is COCCC(N)C(=O)Cc1cccc(OC)c1F. The molecule has 0 radical (unpaired) electrons. The molecule has 1 aromatic rings. The summed E-state index contributed by atoms with van der Waals surface area (Å²) in [5.74, 6) is -0.586. The van der Waals surface area contributed by atoms with Crippen LogP contribution in [0.15, 0.2) is 18.2 Å². The van der Waals surface area contributed by atoms with E-state index in [1.54, 1.807) is 19.2 Å². The third-order valence-corrected chi connectivity index (χ3v) is 2.67. The number of methoxy groups -OCH3 is 2. The standard InChI is InChI=1S/C13H18FNO3/c1-17-7-6-10(15)11(16)8-9-4-3-5-12(18-2)13(9)14/h3-5,10H,6-8,15H2,1-2H3. The summed E-state index contributed by atoms with van der Waals surface area (Å²) in [5.41, 5.74) is 5.99. The van der Waals surface area contributed by atoms with Crippen LogP contribution in [0.2, 0.25) is 0 Å². The van der Waals surface area contributed by atoms with Crippen molar-refractivity contribution in [2.45, 2.75) is 18.9 Å². The van der Waals surface area contributed by atoms with E-state index in [0.717, 1.165) is 0 Å². The Balaban J connectivity index is 2.70. The summed E-state index contributed by atoms with van der Waals surface area (Å²) < 4.78 is 23.5. The van der Waals surface area contributed by atoms with Gasteiger partial charge >= 0.3 is 0 Å². The highest BCUT2D eigenvalue weighted by Crippen LogP contribution is 2.20. The summed E-state index contributed by atoms with van der Waals surface area (Å²) in [5, 5.41) is 0. The first kappa shape index (κ1) is 14.6. The Bertz CT molecular complexity index is 409. The maximum atomic E-state index is 13.8. The number of Topliss-reactive ketones (excluding diaryl/α,β-unsaturated/α-hetero) is 1. The molecular weight excluding hydrogens is 237 g/mol. The molecule has 0 heterocycles. The number of hydrogen-bond donors (Lipinski definition) is 1. The van der Waals surface area contributed by atoms with E-state index in [2.05, 4.69) is 0 Å². The van der Waals surface area contributed by atoms with Crippen LogP contribution < -0.4 is 10.5 Å². The van der Waals surface area contributed by atoms with Crippen LogP contribution in [0.1, 0.15) is 12.0 Å². The topological polar surface area (TPSA) is 61.5 Å². The fourth-order valence-corrected chi connectivity index (χ4v) is 1.58. The summed E-state index contributed by atoms with van der Waals surface area (Å²) in [4.78, 5) is 11.8. The van der Waals surface area contributed by atoms with Gasteiger partial charge in [0.2, 0.25) is 0 Å². The van der Waals surface area contributed by atoms with Crippen LogP contribution in [0.25, 0.3) is 0 Å². The Hall–Kier alpha value is -1.46. The van der Waals surface area contributed by atoms with Gasteiger partial charge in [0.25, 0.3) is 0 Å². The predicted molar refractivity (Wildman–Crippen MR) is 66.1 cm³/mol. The molecule has 0 saturated heterocycles. The Morgan fingerprint density at radius 2 is 2.17 bits per heavy atom. The van der Waals surface area contributed by atoms with Crippen LogP contribution in [-0.2, 0) is 16.0 Å². The highest BCUT2D eigenvalue weighted by molar-refractivity contribution is 5.86. The van der Waals surface area contributed by atoms with Crippen molar-refractivity contribution in [3.63, 3.8) is 0 Å². The minimum absolute atomic E-state index is 0.0338. The van der Waals surface area contributed by atoms with Crippen LogP contribution in [0.5, 0.6) is 5.75 Å². The first-order valence-electron chi connectivity index (χ1n) is 5.68. The number of carbonyl (C=O) groups is 1. The van der Waals surface area contributed by atoms with Crippen molar-refractivity contribution >= 4 is 5.78 Å². The monoisotopic (exact) mass is 255 g/mol. The average Bonchev–Trinajstić information content (AvgIpc) is 2.38. The molecule has 1 atom stereocenters. The Kier molecular flexibility index (Phi) is 5.74. The second-order valence-electron chi connectivity index (χ2n) is 3.96. The van der Waals surface area contributed by atoms with Crippen molar-refractivity contribution in [3.8, 4) is 5.75 Å². The predicted octanol–water partition coefficient (Wildman–Crippen LogP) is 1.31. The Labute approximate surface area is 106 Å². The summed E-state index contributed by atoms with van der Waals surface area (Å²) >= 11 is 0. The maximum Gasteiger partial charge on any atom is 0.168 e. The van der Waals surface area contributed by atoms with Crippen molar-refractivity contribution in [1.29, 1.82) is 0 Å². The molecule has 2 N–H and O–H groups in total. The van der Waals surface area contributed by atoms with E-state index in [1.807, 2.05) is 0 Å². The second-order valence-corrected chi connectivity index (χ2v) is 3.96. The zero-order valence-electron chi connectivity index (χ0n) is 10.6. The largest absolute Gasteiger partial charge is 0.494 e. The van der Waals surface area contributed by atoms with Gasteiger partial charge in [-0.1, -0.05) is 12.1 Å². The van der Waals surface area contributed by atoms with Gasteiger partial charge in [-0.15, -0.1) is 0 Å². The van der Waals surface area contributed by atoms with E-state index in [0.29, 0.717) is 18.6 Å². The molecule has 0 bridgehead atoms. The lowest BCUT2D eigenvalue weighted by molar-refractivity contribution is -0.120. The van der Waals surface area contributed by atoms with Gasteiger partial charge in [0, 0.05) is 20.1 Å². The number of hydrogen-bond acceptors (Lipinski definition) is 4. The Morgan fingerprint density at radius 1 is 1.44 bits per heavy atom. The molecular formula is C13H18FNO3. The summed E-state index contributed by atoms with van der Waals surface area (Å²) in [7, 11) is 2.92. The lowest BCUT2D eigenvalue weighted by Gasteiger charge is -2.11. The van der Waals surface area contributed by atoms with Crippen molar-refractivity contribution in [2.75, 3.05) is 20.8 Å². The number of halogens is 1. The molecule has 0 aliphatic rings. The van der Waals surface area contributed by atoms with Gasteiger partial charge in [-0.05, 0) is 18.1 Å². The molecule has 1 rings (SSSR count). The lowest BCUT2D eigenvalue weighted by atomic mass is 10.0. The highest BCUT2D eigenvalue weighted by Gasteiger charge is 2.17. The molecule has 100 valence electrons. The van der Waals surface area contributed by atoms with Crippen molar-refractivity contribution < 1.29 is 18.7 Å². The molecule has 0 spiro atoms. The molecule has 1 unspecified atom stereocenters. The molecule has 0 amide bonds. The lowest BCUT2D eigenvalue weighted by Crippen LogP contribution is -2.33. The van der Waals surface area contributed by atoms with Crippen LogP contribution in [0.3, 0.4) is 0 Å². The first-order chi connectivity index (χ1) is 8.60. The van der Waals surface area contributed by atoms with E-state index in [1.165, 1.54) is 13.2 Å². The van der Waals surface area contributed by atoms with Crippen molar-refractivity contribution in [3.05, 3.63) is 29.6 Å². The molecule has 0 aliphatic heterocycles. The quantitative estimate of drug-likeness (QED) is 0.798. The van der Waals surface area contributed by atoms with Gasteiger partial charge in [0.05, 0.1) is 13.2 Å². The van der Waals surface area contributed by atoms with Gasteiger partial charge in [-0.2, -0.15) is 0 Å². The van der Waals surface area contributed by atoms with E-state index in [4.69, 9.17) is 15.2 Å². The number of nitrogens with two attached hydrogens (primary N) is 1. The molecule has 1 aromatic carbocycles. The maximum absolute atomic E-state index is 13.8. The third-order valence-electron chi connectivity index (χ3n) is 2.67. The van der Waals surface area contributed by atoms with Crippen LogP contribution >= 0.6 is 0 Å². The first-order valence-corrected chi connectivity index (χ1v) is 5.68. The number of benzene rings is 1. The number of ketones is 1. The minimum Gasteiger partial charge on any atom is -0.494 e. The van der Waals surface area contributed by atoms with Gasteiger partial charge in [-0.25, -0.2) is 4.39 Å². The zero-order valence-corrected chi connectivity index (χ0v) is 10.6. The summed E-state index contributed by atoms with van der Waals surface area (Å²) in [6.07, 6.45) is 0.398. The number of carbonyl (C=O) groups excluding carboxylic acids is 1. The van der Waals surface area contributed by atoms with E-state index >= 15 is 0 Å². The smallest absolute Gasteiger partial charge is 0.168 e. The van der Waals surface area contributed by atoms with Crippen molar-refractivity contribution in [1.82, 2.24) is 0 Å². The summed E-state index contributed by atoms with van der Waals surface area (Å²) in [6.45, 7) is 0.410. The molecule has 0 aliphatic carbocycles. The van der Waals surface area contributed by atoms with Gasteiger partial charge in [-0.3, -0.25) is 4.79 Å². The van der Waals surface area contributed by atoms with Gasteiger partial charge in [0.1, 0.15) is 0 Å². The molecule has 4 nitrogen and oxygen atoms in total. The summed E-state index contributed by atoms with van der Waals surface area (Å²) in [6, 6.07) is 4.08. The van der Waals surface area contributed by atoms with Gasteiger partial charge < -0.3 is 15.2 Å². The van der Waals surface area contributed by atoms with E-state index in [-0.39, 0.29) is 18.0 Å². The molecule has 5 heteroatoms. The molecule has 18 heavy (non-hydrogen) atoms. The third kappa shape index (κ3) is 3.78. The van der Waals surface area contributed by atoms with E-state index in [9.17, 15) is 9.18 Å².